The lowest BCUT2D eigenvalue weighted by molar-refractivity contribution is 0.0159. The minimum absolute atomic E-state index is 0.703. The van der Waals surface area contributed by atoms with Crippen molar-refractivity contribution in [3.63, 3.8) is 0 Å². The summed E-state index contributed by atoms with van der Waals surface area (Å²) in [7, 11) is 0. The lowest BCUT2D eigenvalue weighted by Gasteiger charge is -2.47. The molecule has 1 aromatic rings. The van der Waals surface area contributed by atoms with Gasteiger partial charge in [-0.3, -0.25) is 9.80 Å². The minimum Gasteiger partial charge on any atom is -0.298 e. The van der Waals surface area contributed by atoms with Crippen LogP contribution in [0.15, 0.2) is 5.38 Å². The number of rotatable bonds is 3. The van der Waals surface area contributed by atoms with E-state index >= 15 is 0 Å². The number of thiazole rings is 1. The Labute approximate surface area is 120 Å². The maximum absolute atomic E-state index is 4.58. The zero-order valence-electron chi connectivity index (χ0n) is 12.1. The number of hydrogen-bond donors (Lipinski definition) is 0. The van der Waals surface area contributed by atoms with E-state index in [4.69, 9.17) is 0 Å². The maximum atomic E-state index is 4.58. The first-order valence-corrected chi connectivity index (χ1v) is 8.49. The number of piperazine rings is 1. The van der Waals surface area contributed by atoms with E-state index in [0.29, 0.717) is 6.04 Å². The molecule has 19 heavy (non-hydrogen) atoms. The van der Waals surface area contributed by atoms with Crippen molar-refractivity contribution >= 4 is 11.3 Å². The Morgan fingerprint density at radius 3 is 3.05 bits per heavy atom. The lowest BCUT2D eigenvalue weighted by atomic mass is 9.97. The first-order chi connectivity index (χ1) is 9.22. The van der Waals surface area contributed by atoms with Crippen LogP contribution in [0.5, 0.6) is 0 Å². The number of nitrogens with zero attached hydrogens (tertiary/aromatic N) is 3. The maximum Gasteiger partial charge on any atom is 0.0897 e. The minimum atomic E-state index is 0.703. The Balaban J connectivity index is 1.55. The predicted molar refractivity (Wildman–Crippen MR) is 80.8 cm³/mol. The molecule has 0 amide bonds. The fourth-order valence-corrected chi connectivity index (χ4v) is 4.15. The van der Waals surface area contributed by atoms with Crippen molar-refractivity contribution in [2.75, 3.05) is 26.2 Å². The number of piperidine rings is 1. The summed E-state index contributed by atoms with van der Waals surface area (Å²) in [6, 6.07) is 1.52. The molecule has 2 saturated heterocycles. The van der Waals surface area contributed by atoms with E-state index in [1.54, 1.807) is 11.3 Å². The average molecular weight is 279 g/mol. The van der Waals surface area contributed by atoms with Gasteiger partial charge in [0.1, 0.15) is 0 Å². The number of fused-ring (bicyclic) bond motifs is 1. The fourth-order valence-electron chi connectivity index (χ4n) is 3.51. The smallest absolute Gasteiger partial charge is 0.0897 e. The van der Waals surface area contributed by atoms with Crippen LogP contribution in [-0.4, -0.2) is 53.0 Å². The third-order valence-corrected chi connectivity index (χ3v) is 5.46. The van der Waals surface area contributed by atoms with Gasteiger partial charge in [-0.05, 0) is 33.2 Å². The van der Waals surface area contributed by atoms with Crippen molar-refractivity contribution in [1.29, 1.82) is 0 Å². The van der Waals surface area contributed by atoms with Crippen molar-refractivity contribution in [3.8, 4) is 0 Å². The van der Waals surface area contributed by atoms with Gasteiger partial charge in [0.25, 0.3) is 0 Å². The van der Waals surface area contributed by atoms with E-state index in [1.165, 1.54) is 56.1 Å². The van der Waals surface area contributed by atoms with Gasteiger partial charge in [-0.25, -0.2) is 4.98 Å². The molecule has 0 radical (unpaired) electrons. The lowest BCUT2D eigenvalue weighted by Crippen LogP contribution is -2.58. The molecular formula is C15H25N3S. The predicted octanol–water partition coefficient (Wildman–Crippen LogP) is 2.55. The molecule has 2 aliphatic rings. The quantitative estimate of drug-likeness (QED) is 0.847. The van der Waals surface area contributed by atoms with Crippen molar-refractivity contribution in [2.24, 2.45) is 0 Å². The Hall–Kier alpha value is -0.450. The summed E-state index contributed by atoms with van der Waals surface area (Å²) >= 11 is 1.77. The third kappa shape index (κ3) is 3.18. The second-order valence-electron chi connectivity index (χ2n) is 6.10. The highest BCUT2D eigenvalue weighted by Gasteiger charge is 2.32. The molecule has 0 saturated carbocycles. The van der Waals surface area contributed by atoms with Crippen LogP contribution < -0.4 is 0 Å². The first-order valence-electron chi connectivity index (χ1n) is 7.61. The van der Waals surface area contributed by atoms with Gasteiger partial charge in [0.05, 0.1) is 10.7 Å². The van der Waals surface area contributed by atoms with E-state index in [0.717, 1.165) is 12.5 Å². The second kappa shape index (κ2) is 5.90. The SMILES string of the molecule is Cc1nc(CCN2CC3CCCCN3CC2C)cs1. The highest BCUT2D eigenvalue weighted by molar-refractivity contribution is 7.09. The Morgan fingerprint density at radius 1 is 1.37 bits per heavy atom. The zero-order chi connectivity index (χ0) is 13.2. The molecule has 0 bridgehead atoms. The summed E-state index contributed by atoms with van der Waals surface area (Å²) in [6.45, 7) is 9.52. The van der Waals surface area contributed by atoms with Crippen LogP contribution in [0.1, 0.15) is 36.9 Å². The molecule has 2 unspecified atom stereocenters. The number of hydrogen-bond acceptors (Lipinski definition) is 4. The van der Waals surface area contributed by atoms with Crippen molar-refractivity contribution in [1.82, 2.24) is 14.8 Å². The summed E-state index contributed by atoms with van der Waals surface area (Å²) < 4.78 is 0. The van der Waals surface area contributed by atoms with Crippen LogP contribution in [0.3, 0.4) is 0 Å². The van der Waals surface area contributed by atoms with Gasteiger partial charge in [-0.2, -0.15) is 0 Å². The standard InChI is InChI=1S/C15H25N3S/c1-12-9-18-7-4-3-5-15(18)10-17(12)8-6-14-11-19-13(2)16-14/h11-12,15H,3-10H2,1-2H3. The van der Waals surface area contributed by atoms with Crippen LogP contribution in [0, 0.1) is 6.92 Å². The molecule has 106 valence electrons. The van der Waals surface area contributed by atoms with Crippen molar-refractivity contribution in [3.05, 3.63) is 16.1 Å². The Bertz CT molecular complexity index is 417. The Kier molecular flexibility index (Phi) is 4.20. The molecule has 0 aromatic carbocycles. The molecular weight excluding hydrogens is 254 g/mol. The molecule has 4 heteroatoms. The van der Waals surface area contributed by atoms with E-state index in [-0.39, 0.29) is 0 Å². The average Bonchev–Trinajstić information content (AvgIpc) is 2.82. The summed E-state index contributed by atoms with van der Waals surface area (Å²) in [4.78, 5) is 9.98. The summed E-state index contributed by atoms with van der Waals surface area (Å²) in [5.74, 6) is 0. The summed E-state index contributed by atoms with van der Waals surface area (Å²) in [5, 5.41) is 3.41. The monoisotopic (exact) mass is 279 g/mol. The Morgan fingerprint density at radius 2 is 2.26 bits per heavy atom. The fraction of sp³-hybridized carbons (Fsp3) is 0.800. The highest BCUT2D eigenvalue weighted by atomic mass is 32.1. The molecule has 3 rings (SSSR count). The van der Waals surface area contributed by atoms with Crippen LogP contribution in [-0.2, 0) is 6.42 Å². The van der Waals surface area contributed by atoms with E-state index in [1.807, 2.05) is 0 Å². The first kappa shape index (κ1) is 13.5. The molecule has 2 fully saturated rings. The molecule has 1 aromatic heterocycles. The largest absolute Gasteiger partial charge is 0.298 e. The molecule has 2 aliphatic heterocycles. The van der Waals surface area contributed by atoms with Crippen LogP contribution in [0.4, 0.5) is 0 Å². The normalized spacial score (nSPS) is 29.4. The number of aryl methyl sites for hydroxylation is 1. The van der Waals surface area contributed by atoms with E-state index in [9.17, 15) is 0 Å². The van der Waals surface area contributed by atoms with Gasteiger partial charge in [0.15, 0.2) is 0 Å². The van der Waals surface area contributed by atoms with Gasteiger partial charge < -0.3 is 0 Å². The molecule has 3 nitrogen and oxygen atoms in total. The van der Waals surface area contributed by atoms with Gasteiger partial charge in [0.2, 0.25) is 0 Å². The molecule has 3 heterocycles. The van der Waals surface area contributed by atoms with E-state index in [2.05, 4.69) is 34.0 Å². The topological polar surface area (TPSA) is 19.4 Å². The summed E-state index contributed by atoms with van der Waals surface area (Å²) in [5.41, 5.74) is 1.28. The molecule has 0 N–H and O–H groups in total. The molecule has 0 aliphatic carbocycles. The zero-order valence-corrected chi connectivity index (χ0v) is 13.0. The highest BCUT2D eigenvalue weighted by Crippen LogP contribution is 2.24. The van der Waals surface area contributed by atoms with Gasteiger partial charge >= 0.3 is 0 Å². The van der Waals surface area contributed by atoms with Gasteiger partial charge in [-0.15, -0.1) is 11.3 Å². The van der Waals surface area contributed by atoms with Gasteiger partial charge in [-0.1, -0.05) is 6.42 Å². The summed E-state index contributed by atoms with van der Waals surface area (Å²) in [6.07, 6.45) is 5.34. The van der Waals surface area contributed by atoms with Crippen molar-refractivity contribution in [2.45, 2.75) is 51.6 Å². The van der Waals surface area contributed by atoms with E-state index < -0.39 is 0 Å². The molecule has 2 atom stereocenters. The van der Waals surface area contributed by atoms with Gasteiger partial charge in [0, 0.05) is 43.5 Å². The van der Waals surface area contributed by atoms with Crippen LogP contribution >= 0.6 is 11.3 Å². The van der Waals surface area contributed by atoms with Crippen molar-refractivity contribution < 1.29 is 0 Å². The third-order valence-electron chi connectivity index (χ3n) is 4.64. The second-order valence-corrected chi connectivity index (χ2v) is 7.16. The molecule has 0 spiro atoms. The van der Waals surface area contributed by atoms with Crippen LogP contribution in [0.2, 0.25) is 0 Å². The number of aromatic nitrogens is 1. The van der Waals surface area contributed by atoms with Crippen LogP contribution in [0.25, 0.3) is 0 Å².